The Morgan fingerprint density at radius 3 is 3.03 bits per heavy atom. The second kappa shape index (κ2) is 8.81. The van der Waals surface area contributed by atoms with Crippen LogP contribution in [-0.4, -0.2) is 51.1 Å². The predicted octanol–water partition coefficient (Wildman–Crippen LogP) is 2.74. The van der Waals surface area contributed by atoms with Gasteiger partial charge in [0.2, 0.25) is 11.7 Å². The van der Waals surface area contributed by atoms with Crippen molar-refractivity contribution in [2.24, 2.45) is 5.92 Å². The van der Waals surface area contributed by atoms with Gasteiger partial charge in [-0.2, -0.15) is 4.98 Å². The third-order valence-electron chi connectivity index (χ3n) is 5.70. The molecule has 10 heteroatoms. The molecule has 10 nitrogen and oxygen atoms in total. The maximum Gasteiger partial charge on any atom is 0.349 e. The molecular weight excluding hydrogens is 426 g/mol. The number of carbonyl (C=O) groups excluding carboxylic acids is 1. The van der Waals surface area contributed by atoms with Gasteiger partial charge in [-0.3, -0.25) is 9.78 Å². The van der Waals surface area contributed by atoms with Crippen LogP contribution in [-0.2, 0) is 6.42 Å². The van der Waals surface area contributed by atoms with E-state index in [0.717, 1.165) is 12.8 Å². The van der Waals surface area contributed by atoms with E-state index in [2.05, 4.69) is 20.1 Å². The number of hydrogen-bond donors (Lipinski definition) is 0. The number of aromatic nitrogens is 4. The molecule has 4 aromatic rings. The van der Waals surface area contributed by atoms with Crippen LogP contribution in [0, 0.1) is 5.92 Å². The first-order valence-electron chi connectivity index (χ1n) is 10.6. The average molecular weight is 447 g/mol. The molecule has 1 aliphatic rings. The van der Waals surface area contributed by atoms with E-state index in [1.807, 2.05) is 0 Å². The minimum absolute atomic E-state index is 0.0131. The van der Waals surface area contributed by atoms with Crippen molar-refractivity contribution in [1.82, 2.24) is 25.0 Å². The maximum absolute atomic E-state index is 13.2. The van der Waals surface area contributed by atoms with Gasteiger partial charge in [-0.1, -0.05) is 17.3 Å². The highest BCUT2D eigenvalue weighted by atomic mass is 16.5. The molecule has 0 aliphatic carbocycles. The predicted molar refractivity (Wildman–Crippen MR) is 117 cm³/mol. The van der Waals surface area contributed by atoms with Gasteiger partial charge in [-0.05, 0) is 30.9 Å². The zero-order valence-electron chi connectivity index (χ0n) is 17.9. The number of ether oxygens (including phenoxy) is 1. The minimum atomic E-state index is -0.676. The van der Waals surface area contributed by atoms with Gasteiger partial charge in [0.15, 0.2) is 11.3 Å². The molecular formula is C23H21N5O5. The van der Waals surface area contributed by atoms with Crippen LogP contribution < -0.4 is 10.4 Å². The Hall–Kier alpha value is -4.08. The number of fused-ring (bicyclic) bond motifs is 1. The van der Waals surface area contributed by atoms with E-state index in [0.29, 0.717) is 53.6 Å². The van der Waals surface area contributed by atoms with Gasteiger partial charge in [0.25, 0.3) is 5.91 Å². The van der Waals surface area contributed by atoms with Gasteiger partial charge >= 0.3 is 5.63 Å². The highest BCUT2D eigenvalue weighted by Crippen LogP contribution is 2.26. The highest BCUT2D eigenvalue weighted by molar-refractivity contribution is 5.97. The molecule has 0 N–H and O–H groups in total. The summed E-state index contributed by atoms with van der Waals surface area (Å²) in [5.41, 5.74) is 0.199. The van der Waals surface area contributed by atoms with Crippen molar-refractivity contribution in [1.29, 1.82) is 0 Å². The fraction of sp³-hybridized carbons (Fsp3) is 0.304. The Morgan fingerprint density at radius 2 is 2.21 bits per heavy atom. The fourth-order valence-electron chi connectivity index (χ4n) is 4.12. The van der Waals surface area contributed by atoms with Crippen LogP contribution in [0.3, 0.4) is 0 Å². The first kappa shape index (κ1) is 20.8. The van der Waals surface area contributed by atoms with Crippen LogP contribution in [0.4, 0.5) is 0 Å². The van der Waals surface area contributed by atoms with Crippen molar-refractivity contribution in [3.05, 3.63) is 64.7 Å². The molecule has 168 valence electrons. The third-order valence-corrected chi connectivity index (χ3v) is 5.70. The molecule has 0 radical (unpaired) electrons. The summed E-state index contributed by atoms with van der Waals surface area (Å²) in [6.45, 7) is 1.05. The van der Waals surface area contributed by atoms with Crippen molar-refractivity contribution in [3.8, 4) is 17.3 Å². The van der Waals surface area contributed by atoms with E-state index in [1.54, 1.807) is 47.8 Å². The molecule has 3 aromatic heterocycles. The molecule has 1 aromatic carbocycles. The number of para-hydroxylation sites is 1. The lowest BCUT2D eigenvalue weighted by molar-refractivity contribution is 0.0664. The number of rotatable bonds is 5. The second-order valence-corrected chi connectivity index (χ2v) is 7.89. The summed E-state index contributed by atoms with van der Waals surface area (Å²) < 4.78 is 16.0. The number of amides is 1. The Kier molecular flexibility index (Phi) is 5.55. The Labute approximate surface area is 188 Å². The Morgan fingerprint density at radius 1 is 1.30 bits per heavy atom. The largest absolute Gasteiger partial charge is 0.493 e. The van der Waals surface area contributed by atoms with E-state index in [4.69, 9.17) is 13.7 Å². The lowest BCUT2D eigenvalue weighted by Gasteiger charge is -2.32. The summed E-state index contributed by atoms with van der Waals surface area (Å²) >= 11 is 0. The van der Waals surface area contributed by atoms with E-state index >= 15 is 0 Å². The van der Waals surface area contributed by atoms with Crippen LogP contribution in [0.5, 0.6) is 5.75 Å². The zero-order chi connectivity index (χ0) is 22.8. The number of piperidine rings is 1. The summed E-state index contributed by atoms with van der Waals surface area (Å²) in [4.78, 5) is 40.0. The van der Waals surface area contributed by atoms with Crippen LogP contribution in [0.1, 0.15) is 29.1 Å². The molecule has 1 saturated heterocycles. The van der Waals surface area contributed by atoms with Crippen molar-refractivity contribution < 1.29 is 18.5 Å². The molecule has 0 saturated carbocycles. The summed E-state index contributed by atoms with van der Waals surface area (Å²) in [7, 11) is 1.50. The van der Waals surface area contributed by atoms with Crippen molar-refractivity contribution >= 4 is 16.9 Å². The smallest absolute Gasteiger partial charge is 0.349 e. The van der Waals surface area contributed by atoms with Gasteiger partial charge in [-0.25, -0.2) is 9.78 Å². The van der Waals surface area contributed by atoms with Crippen LogP contribution in [0.15, 0.2) is 56.6 Å². The quantitative estimate of drug-likeness (QED) is 0.425. The molecule has 0 spiro atoms. The number of hydrogen-bond acceptors (Lipinski definition) is 9. The SMILES string of the molecule is COc1cccc2cc(C(=O)N3CCCC(Cc4nc(-c5cnccn5)no4)C3)c(=O)oc12. The maximum atomic E-state index is 13.2. The highest BCUT2D eigenvalue weighted by Gasteiger charge is 2.28. The normalized spacial score (nSPS) is 16.2. The first-order valence-corrected chi connectivity index (χ1v) is 10.6. The van der Waals surface area contributed by atoms with Crippen molar-refractivity contribution in [2.75, 3.05) is 20.2 Å². The molecule has 1 unspecified atom stereocenters. The number of benzene rings is 1. The molecule has 33 heavy (non-hydrogen) atoms. The molecule has 4 heterocycles. The Bertz CT molecular complexity index is 1350. The lowest BCUT2D eigenvalue weighted by Crippen LogP contribution is -2.42. The average Bonchev–Trinajstić information content (AvgIpc) is 3.32. The van der Waals surface area contributed by atoms with Gasteiger partial charge in [-0.15, -0.1) is 0 Å². The van der Waals surface area contributed by atoms with Gasteiger partial charge < -0.3 is 18.6 Å². The van der Waals surface area contributed by atoms with E-state index in [1.165, 1.54) is 7.11 Å². The number of methoxy groups -OCH3 is 1. The molecule has 1 fully saturated rings. The summed E-state index contributed by atoms with van der Waals surface area (Å²) in [6.07, 6.45) is 6.96. The monoisotopic (exact) mass is 447 g/mol. The van der Waals surface area contributed by atoms with E-state index < -0.39 is 5.63 Å². The third kappa shape index (κ3) is 4.19. The summed E-state index contributed by atoms with van der Waals surface area (Å²) in [6, 6.07) is 6.84. The fourth-order valence-corrected chi connectivity index (χ4v) is 4.12. The molecule has 1 aliphatic heterocycles. The minimum Gasteiger partial charge on any atom is -0.493 e. The summed E-state index contributed by atoms with van der Waals surface area (Å²) in [5.74, 6) is 1.09. The number of carbonyl (C=O) groups is 1. The van der Waals surface area contributed by atoms with Gasteiger partial charge in [0.05, 0.1) is 13.3 Å². The van der Waals surface area contributed by atoms with Crippen molar-refractivity contribution in [2.45, 2.75) is 19.3 Å². The standard InChI is InChI=1S/C23H21N5O5/c1-31-18-6-2-5-15-11-16(23(30)32-20(15)18)22(29)28-9-3-4-14(13-28)10-19-26-21(27-33-19)17-12-24-7-8-25-17/h2,5-8,11-12,14H,3-4,9-10,13H2,1H3. The van der Waals surface area contributed by atoms with Gasteiger partial charge in [0, 0.05) is 37.3 Å². The second-order valence-electron chi connectivity index (χ2n) is 7.89. The van der Waals surface area contributed by atoms with E-state index in [-0.39, 0.29) is 17.4 Å². The number of nitrogens with zero attached hydrogens (tertiary/aromatic N) is 5. The molecule has 5 rings (SSSR count). The van der Waals surface area contributed by atoms with Crippen LogP contribution >= 0.6 is 0 Å². The van der Waals surface area contributed by atoms with E-state index in [9.17, 15) is 9.59 Å². The summed E-state index contributed by atoms with van der Waals surface area (Å²) in [5, 5.41) is 4.61. The molecule has 1 amide bonds. The number of likely N-dealkylation sites (tertiary alicyclic amines) is 1. The zero-order valence-corrected chi connectivity index (χ0v) is 17.9. The Balaban J connectivity index is 1.32. The molecule has 0 bridgehead atoms. The van der Waals surface area contributed by atoms with Gasteiger partial charge in [0.1, 0.15) is 11.3 Å². The van der Waals surface area contributed by atoms with Crippen molar-refractivity contribution in [3.63, 3.8) is 0 Å². The topological polar surface area (TPSA) is 124 Å². The van der Waals surface area contributed by atoms with Crippen LogP contribution in [0.2, 0.25) is 0 Å². The first-order chi connectivity index (χ1) is 16.1. The van der Waals surface area contributed by atoms with Crippen LogP contribution in [0.25, 0.3) is 22.5 Å². The lowest BCUT2D eigenvalue weighted by atomic mass is 9.94. The molecule has 1 atom stereocenters.